The van der Waals surface area contributed by atoms with E-state index in [0.29, 0.717) is 19.5 Å². The van der Waals surface area contributed by atoms with E-state index in [1.807, 2.05) is 18.2 Å². The van der Waals surface area contributed by atoms with Crippen molar-refractivity contribution in [2.24, 2.45) is 5.92 Å². The van der Waals surface area contributed by atoms with Crippen LogP contribution in [0.4, 0.5) is 11.5 Å². The SMILES string of the molecule is COc1ccc2c(c1)N1CCN(c3cnccn3)CC1C(C(=O)NCc1ccncc1)C2. The molecule has 3 aromatic rings. The van der Waals surface area contributed by atoms with E-state index >= 15 is 0 Å². The molecule has 32 heavy (non-hydrogen) atoms. The molecule has 2 unspecified atom stereocenters. The van der Waals surface area contributed by atoms with Crippen molar-refractivity contribution in [3.05, 3.63) is 72.4 Å². The van der Waals surface area contributed by atoms with E-state index in [9.17, 15) is 4.79 Å². The first-order valence-corrected chi connectivity index (χ1v) is 10.8. The van der Waals surface area contributed by atoms with Crippen molar-refractivity contribution in [2.45, 2.75) is 19.0 Å². The van der Waals surface area contributed by atoms with E-state index in [1.54, 1.807) is 38.1 Å². The standard InChI is InChI=1S/C24H26N6O2/c1-32-19-3-2-18-12-20(24(31)28-14-17-4-6-25-7-5-17)22-16-29(23-15-26-8-9-27-23)10-11-30(22)21(18)13-19/h2-9,13,15,20,22H,10-12,14,16H2,1H3,(H,28,31). The van der Waals surface area contributed by atoms with Crippen LogP contribution in [0.1, 0.15) is 11.1 Å². The molecule has 1 saturated heterocycles. The molecule has 0 spiro atoms. The van der Waals surface area contributed by atoms with Crippen molar-refractivity contribution < 1.29 is 9.53 Å². The maximum Gasteiger partial charge on any atom is 0.225 e. The third-order valence-corrected chi connectivity index (χ3v) is 6.35. The highest BCUT2D eigenvalue weighted by Gasteiger charge is 2.42. The van der Waals surface area contributed by atoms with Gasteiger partial charge in [0.2, 0.25) is 5.91 Å². The molecule has 2 aromatic heterocycles. The first kappa shape index (κ1) is 20.2. The highest BCUT2D eigenvalue weighted by molar-refractivity contribution is 5.82. The third-order valence-electron chi connectivity index (χ3n) is 6.35. The number of hydrogen-bond donors (Lipinski definition) is 1. The first-order chi connectivity index (χ1) is 15.7. The van der Waals surface area contributed by atoms with Crippen LogP contribution in [-0.4, -0.2) is 53.6 Å². The zero-order chi connectivity index (χ0) is 21.9. The number of ether oxygens (including phenoxy) is 1. The molecule has 164 valence electrons. The Morgan fingerprint density at radius 1 is 1.12 bits per heavy atom. The van der Waals surface area contributed by atoms with Gasteiger partial charge in [-0.1, -0.05) is 6.07 Å². The fourth-order valence-corrected chi connectivity index (χ4v) is 4.69. The number of anilines is 2. The molecule has 2 atom stereocenters. The number of pyridine rings is 1. The molecule has 0 saturated carbocycles. The second-order valence-electron chi connectivity index (χ2n) is 8.15. The summed E-state index contributed by atoms with van der Waals surface area (Å²) >= 11 is 0. The van der Waals surface area contributed by atoms with Crippen LogP contribution in [0.3, 0.4) is 0 Å². The van der Waals surface area contributed by atoms with Gasteiger partial charge in [-0.2, -0.15) is 0 Å². The Balaban J connectivity index is 1.42. The summed E-state index contributed by atoms with van der Waals surface area (Å²) in [6.45, 7) is 2.82. The number of carbonyl (C=O) groups is 1. The number of methoxy groups -OCH3 is 1. The van der Waals surface area contributed by atoms with Crippen LogP contribution in [0.5, 0.6) is 5.75 Å². The van der Waals surface area contributed by atoms with Gasteiger partial charge in [-0.05, 0) is 35.7 Å². The fourth-order valence-electron chi connectivity index (χ4n) is 4.69. The largest absolute Gasteiger partial charge is 0.497 e. The van der Waals surface area contributed by atoms with Crippen LogP contribution in [-0.2, 0) is 17.8 Å². The average molecular weight is 431 g/mol. The van der Waals surface area contributed by atoms with Crippen LogP contribution < -0.4 is 19.9 Å². The molecule has 2 aliphatic heterocycles. The van der Waals surface area contributed by atoms with E-state index in [2.05, 4.69) is 42.2 Å². The molecule has 0 radical (unpaired) electrons. The van der Waals surface area contributed by atoms with Crippen LogP contribution in [0.25, 0.3) is 0 Å². The van der Waals surface area contributed by atoms with E-state index in [0.717, 1.165) is 35.9 Å². The van der Waals surface area contributed by atoms with Gasteiger partial charge in [0.1, 0.15) is 11.6 Å². The van der Waals surface area contributed by atoms with Gasteiger partial charge in [-0.25, -0.2) is 4.98 Å². The van der Waals surface area contributed by atoms with Crippen molar-refractivity contribution in [1.82, 2.24) is 20.3 Å². The number of benzene rings is 1. The summed E-state index contributed by atoms with van der Waals surface area (Å²) in [6.07, 6.45) is 9.35. The summed E-state index contributed by atoms with van der Waals surface area (Å²) < 4.78 is 5.47. The van der Waals surface area contributed by atoms with Gasteiger partial charge < -0.3 is 19.9 Å². The number of piperazine rings is 1. The highest BCUT2D eigenvalue weighted by Crippen LogP contribution is 2.38. The van der Waals surface area contributed by atoms with Gasteiger partial charge in [0.05, 0.1) is 25.3 Å². The second-order valence-corrected chi connectivity index (χ2v) is 8.15. The molecule has 1 aromatic carbocycles. The first-order valence-electron chi connectivity index (χ1n) is 10.8. The summed E-state index contributed by atoms with van der Waals surface area (Å²) in [5.74, 6) is 1.58. The van der Waals surface area contributed by atoms with E-state index in [-0.39, 0.29) is 17.9 Å². The summed E-state index contributed by atoms with van der Waals surface area (Å²) in [6, 6.07) is 10.0. The van der Waals surface area contributed by atoms with Crippen molar-refractivity contribution in [2.75, 3.05) is 36.5 Å². The molecule has 8 heteroatoms. The Morgan fingerprint density at radius 2 is 2.00 bits per heavy atom. The maximum atomic E-state index is 13.4. The number of fused-ring (bicyclic) bond motifs is 3. The number of aromatic nitrogens is 3. The third kappa shape index (κ3) is 3.95. The Morgan fingerprint density at radius 3 is 2.78 bits per heavy atom. The second kappa shape index (κ2) is 8.82. The Bertz CT molecular complexity index is 1080. The predicted molar refractivity (Wildman–Crippen MR) is 122 cm³/mol. The van der Waals surface area contributed by atoms with Crippen molar-refractivity contribution in [3.8, 4) is 5.75 Å². The van der Waals surface area contributed by atoms with Gasteiger partial charge >= 0.3 is 0 Å². The maximum absolute atomic E-state index is 13.4. The Kier molecular flexibility index (Phi) is 5.58. The van der Waals surface area contributed by atoms with Crippen LogP contribution in [0, 0.1) is 5.92 Å². The van der Waals surface area contributed by atoms with Crippen molar-refractivity contribution in [3.63, 3.8) is 0 Å². The number of carbonyl (C=O) groups excluding carboxylic acids is 1. The lowest BCUT2D eigenvalue weighted by molar-refractivity contribution is -0.126. The minimum atomic E-state index is -0.169. The smallest absolute Gasteiger partial charge is 0.225 e. The monoisotopic (exact) mass is 430 g/mol. The van der Waals surface area contributed by atoms with Crippen molar-refractivity contribution >= 4 is 17.4 Å². The molecule has 4 heterocycles. The zero-order valence-corrected chi connectivity index (χ0v) is 18.0. The lowest BCUT2D eigenvalue weighted by atomic mass is 9.83. The van der Waals surface area contributed by atoms with Crippen LogP contribution in [0.2, 0.25) is 0 Å². The quantitative estimate of drug-likeness (QED) is 0.663. The Hall–Kier alpha value is -3.68. The molecule has 0 bridgehead atoms. The summed E-state index contributed by atoms with van der Waals surface area (Å²) in [4.78, 5) is 30.7. The Labute approximate surface area is 187 Å². The number of amides is 1. The zero-order valence-electron chi connectivity index (χ0n) is 18.0. The van der Waals surface area contributed by atoms with Gasteiger partial charge in [0.25, 0.3) is 0 Å². The molecule has 2 aliphatic rings. The fraction of sp³-hybridized carbons (Fsp3) is 0.333. The van der Waals surface area contributed by atoms with Crippen molar-refractivity contribution in [1.29, 1.82) is 0 Å². The van der Waals surface area contributed by atoms with Gasteiger partial charge in [-0.3, -0.25) is 14.8 Å². The molecule has 8 nitrogen and oxygen atoms in total. The molecular weight excluding hydrogens is 404 g/mol. The summed E-state index contributed by atoms with van der Waals surface area (Å²) in [5.41, 5.74) is 3.38. The lowest BCUT2D eigenvalue weighted by Crippen LogP contribution is -2.61. The van der Waals surface area contributed by atoms with Crippen LogP contribution in [0.15, 0.2) is 61.3 Å². The molecular formula is C24H26N6O2. The number of hydrogen-bond acceptors (Lipinski definition) is 7. The number of rotatable bonds is 5. The minimum absolute atomic E-state index is 0.0304. The highest BCUT2D eigenvalue weighted by atomic mass is 16.5. The molecule has 0 aliphatic carbocycles. The minimum Gasteiger partial charge on any atom is -0.497 e. The van der Waals surface area contributed by atoms with E-state index < -0.39 is 0 Å². The normalized spacial score (nSPS) is 19.7. The number of nitrogens with zero attached hydrogens (tertiary/aromatic N) is 5. The van der Waals surface area contributed by atoms with E-state index in [4.69, 9.17) is 4.74 Å². The van der Waals surface area contributed by atoms with Gasteiger partial charge in [0, 0.05) is 62.7 Å². The topological polar surface area (TPSA) is 83.5 Å². The van der Waals surface area contributed by atoms with Gasteiger partial charge in [0.15, 0.2) is 0 Å². The summed E-state index contributed by atoms with van der Waals surface area (Å²) in [7, 11) is 1.68. The average Bonchev–Trinajstić information content (AvgIpc) is 2.87. The molecule has 1 N–H and O–H groups in total. The molecule has 1 amide bonds. The summed E-state index contributed by atoms with van der Waals surface area (Å²) in [5, 5.41) is 3.15. The van der Waals surface area contributed by atoms with Crippen LogP contribution >= 0.6 is 0 Å². The number of nitrogens with one attached hydrogen (secondary N) is 1. The van der Waals surface area contributed by atoms with Gasteiger partial charge in [-0.15, -0.1) is 0 Å². The lowest BCUT2D eigenvalue weighted by Gasteiger charge is -2.49. The van der Waals surface area contributed by atoms with E-state index in [1.165, 1.54) is 5.56 Å². The molecule has 5 rings (SSSR count). The predicted octanol–water partition coefficient (Wildman–Crippen LogP) is 2.06. The molecule has 1 fully saturated rings.